The lowest BCUT2D eigenvalue weighted by molar-refractivity contribution is -0.136. The number of hydrogen-bond donors (Lipinski definition) is 0. The molecule has 2 atom stereocenters. The number of hydrogen-bond acceptors (Lipinski definition) is 1. The van der Waals surface area contributed by atoms with Crippen LogP contribution in [0.5, 0.6) is 0 Å². The van der Waals surface area contributed by atoms with Gasteiger partial charge in [-0.1, -0.05) is 26.7 Å². The molecule has 0 aromatic heterocycles. The second kappa shape index (κ2) is 5.41. The van der Waals surface area contributed by atoms with Gasteiger partial charge in [-0.2, -0.15) is 0 Å². The minimum absolute atomic E-state index is 0.369. The Morgan fingerprint density at radius 1 is 1.12 bits per heavy atom. The van der Waals surface area contributed by atoms with E-state index in [1.807, 2.05) is 0 Å². The molecule has 0 heterocycles. The van der Waals surface area contributed by atoms with Crippen molar-refractivity contribution in [3.05, 3.63) is 0 Å². The molecule has 0 spiro atoms. The molecule has 0 aromatic carbocycles. The Balaban J connectivity index is 1.86. The van der Waals surface area contributed by atoms with Crippen LogP contribution in [0.2, 0.25) is 0 Å². The first kappa shape index (κ1) is 12.9. The molecular formula is C15H27NO. The SMILES string of the molecule is CCC(CC)CN(CC)C(=O)C1CC2CC2C1. The van der Waals surface area contributed by atoms with E-state index in [0.29, 0.717) is 17.7 Å². The fourth-order valence-electron chi connectivity index (χ4n) is 3.41. The molecule has 2 saturated carbocycles. The molecule has 1 amide bonds. The van der Waals surface area contributed by atoms with Crippen molar-refractivity contribution in [3.8, 4) is 0 Å². The van der Waals surface area contributed by atoms with E-state index in [1.165, 1.54) is 32.1 Å². The van der Waals surface area contributed by atoms with Crippen LogP contribution in [0.4, 0.5) is 0 Å². The van der Waals surface area contributed by atoms with Gasteiger partial charge in [-0.15, -0.1) is 0 Å². The van der Waals surface area contributed by atoms with Crippen LogP contribution in [-0.4, -0.2) is 23.9 Å². The topological polar surface area (TPSA) is 20.3 Å². The highest BCUT2D eigenvalue weighted by molar-refractivity contribution is 5.79. The Morgan fingerprint density at radius 2 is 1.71 bits per heavy atom. The van der Waals surface area contributed by atoms with Crippen molar-refractivity contribution in [3.63, 3.8) is 0 Å². The van der Waals surface area contributed by atoms with Crippen LogP contribution in [-0.2, 0) is 4.79 Å². The second-order valence-corrected chi connectivity index (χ2v) is 5.98. The third-order valence-corrected chi connectivity index (χ3v) is 4.92. The van der Waals surface area contributed by atoms with E-state index in [4.69, 9.17) is 0 Å². The molecular weight excluding hydrogens is 210 g/mol. The number of carbonyl (C=O) groups excluding carboxylic acids is 1. The number of nitrogens with zero attached hydrogens (tertiary/aromatic N) is 1. The Morgan fingerprint density at radius 3 is 2.18 bits per heavy atom. The molecule has 2 fully saturated rings. The monoisotopic (exact) mass is 237 g/mol. The summed E-state index contributed by atoms with van der Waals surface area (Å²) in [6, 6.07) is 0. The van der Waals surface area contributed by atoms with Crippen molar-refractivity contribution in [2.75, 3.05) is 13.1 Å². The lowest BCUT2D eigenvalue weighted by Crippen LogP contribution is -2.38. The van der Waals surface area contributed by atoms with E-state index in [0.717, 1.165) is 24.9 Å². The van der Waals surface area contributed by atoms with Crippen LogP contribution in [0.15, 0.2) is 0 Å². The third kappa shape index (κ3) is 2.83. The van der Waals surface area contributed by atoms with Gasteiger partial charge in [0.05, 0.1) is 0 Å². The van der Waals surface area contributed by atoms with Gasteiger partial charge in [0.25, 0.3) is 0 Å². The molecule has 2 rings (SSSR count). The first-order valence-corrected chi connectivity index (χ1v) is 7.48. The maximum Gasteiger partial charge on any atom is 0.225 e. The summed E-state index contributed by atoms with van der Waals surface area (Å²) in [6.07, 6.45) is 6.15. The standard InChI is InChI=1S/C15H27NO/c1-4-11(5-2)10-16(6-3)15(17)14-8-12-7-13(12)9-14/h11-14H,4-10H2,1-3H3. The predicted octanol–water partition coefficient (Wildman–Crippen LogP) is 3.32. The van der Waals surface area contributed by atoms with Crippen LogP contribution < -0.4 is 0 Å². The predicted molar refractivity (Wildman–Crippen MR) is 70.6 cm³/mol. The molecule has 2 aliphatic rings. The fraction of sp³-hybridized carbons (Fsp3) is 0.933. The molecule has 0 aliphatic heterocycles. The van der Waals surface area contributed by atoms with E-state index >= 15 is 0 Å². The zero-order chi connectivity index (χ0) is 12.4. The van der Waals surface area contributed by atoms with E-state index in [9.17, 15) is 4.79 Å². The molecule has 2 heteroatoms. The van der Waals surface area contributed by atoms with Gasteiger partial charge in [-0.05, 0) is 43.9 Å². The summed E-state index contributed by atoms with van der Waals surface area (Å²) in [5.41, 5.74) is 0. The highest BCUT2D eigenvalue weighted by atomic mass is 16.2. The van der Waals surface area contributed by atoms with Gasteiger partial charge in [-0.3, -0.25) is 4.79 Å². The van der Waals surface area contributed by atoms with Crippen molar-refractivity contribution in [2.24, 2.45) is 23.7 Å². The summed E-state index contributed by atoms with van der Waals surface area (Å²) in [4.78, 5) is 14.6. The second-order valence-electron chi connectivity index (χ2n) is 5.98. The minimum atomic E-state index is 0.369. The molecule has 2 unspecified atom stereocenters. The molecule has 0 saturated heterocycles. The van der Waals surface area contributed by atoms with Crippen LogP contribution in [0.25, 0.3) is 0 Å². The number of amides is 1. The first-order valence-electron chi connectivity index (χ1n) is 7.48. The van der Waals surface area contributed by atoms with Crippen molar-refractivity contribution in [1.82, 2.24) is 4.90 Å². The molecule has 0 N–H and O–H groups in total. The maximum absolute atomic E-state index is 12.4. The Hall–Kier alpha value is -0.530. The summed E-state index contributed by atoms with van der Waals surface area (Å²) >= 11 is 0. The first-order chi connectivity index (χ1) is 8.19. The third-order valence-electron chi connectivity index (χ3n) is 4.92. The molecule has 2 nitrogen and oxygen atoms in total. The summed E-state index contributed by atoms with van der Waals surface area (Å²) in [7, 11) is 0. The molecule has 17 heavy (non-hydrogen) atoms. The van der Waals surface area contributed by atoms with E-state index in [1.54, 1.807) is 0 Å². The Kier molecular flexibility index (Phi) is 4.11. The number of fused-ring (bicyclic) bond motifs is 1. The average molecular weight is 237 g/mol. The van der Waals surface area contributed by atoms with E-state index < -0.39 is 0 Å². The van der Waals surface area contributed by atoms with Gasteiger partial charge < -0.3 is 4.90 Å². The van der Waals surface area contributed by atoms with Gasteiger partial charge in [0.15, 0.2) is 0 Å². The average Bonchev–Trinajstić information content (AvgIpc) is 2.97. The van der Waals surface area contributed by atoms with Crippen molar-refractivity contribution < 1.29 is 4.79 Å². The zero-order valence-electron chi connectivity index (χ0n) is 11.6. The van der Waals surface area contributed by atoms with Gasteiger partial charge in [0.2, 0.25) is 5.91 Å². The molecule has 2 aliphatic carbocycles. The lowest BCUT2D eigenvalue weighted by Gasteiger charge is -2.28. The summed E-state index contributed by atoms with van der Waals surface area (Å²) in [5, 5.41) is 0. The largest absolute Gasteiger partial charge is 0.342 e. The van der Waals surface area contributed by atoms with Crippen LogP contribution >= 0.6 is 0 Å². The molecule has 0 bridgehead atoms. The van der Waals surface area contributed by atoms with Gasteiger partial charge in [0.1, 0.15) is 0 Å². The Labute approximate surface area is 106 Å². The van der Waals surface area contributed by atoms with Gasteiger partial charge in [0, 0.05) is 19.0 Å². The number of carbonyl (C=O) groups is 1. The van der Waals surface area contributed by atoms with Crippen LogP contribution in [0.1, 0.15) is 52.9 Å². The summed E-state index contributed by atoms with van der Waals surface area (Å²) in [6.45, 7) is 8.46. The fourth-order valence-corrected chi connectivity index (χ4v) is 3.41. The van der Waals surface area contributed by atoms with Crippen LogP contribution in [0.3, 0.4) is 0 Å². The molecule has 0 aromatic rings. The van der Waals surface area contributed by atoms with Gasteiger partial charge in [-0.25, -0.2) is 0 Å². The highest BCUT2D eigenvalue weighted by Crippen LogP contribution is 2.54. The number of rotatable bonds is 6. The Bertz CT molecular complexity index is 262. The van der Waals surface area contributed by atoms with E-state index in [-0.39, 0.29) is 0 Å². The minimum Gasteiger partial charge on any atom is -0.342 e. The molecule has 98 valence electrons. The van der Waals surface area contributed by atoms with Gasteiger partial charge >= 0.3 is 0 Å². The van der Waals surface area contributed by atoms with E-state index in [2.05, 4.69) is 25.7 Å². The highest BCUT2D eigenvalue weighted by Gasteiger charge is 2.48. The maximum atomic E-state index is 12.4. The summed E-state index contributed by atoms with van der Waals surface area (Å²) < 4.78 is 0. The molecule has 0 radical (unpaired) electrons. The van der Waals surface area contributed by atoms with Crippen molar-refractivity contribution >= 4 is 5.91 Å². The quantitative estimate of drug-likeness (QED) is 0.694. The van der Waals surface area contributed by atoms with Crippen molar-refractivity contribution in [1.29, 1.82) is 0 Å². The van der Waals surface area contributed by atoms with Crippen LogP contribution in [0, 0.1) is 23.7 Å². The zero-order valence-corrected chi connectivity index (χ0v) is 11.6. The lowest BCUT2D eigenvalue weighted by atomic mass is 9.99. The van der Waals surface area contributed by atoms with Crippen molar-refractivity contribution in [2.45, 2.75) is 52.9 Å². The summed E-state index contributed by atoms with van der Waals surface area (Å²) in [5.74, 6) is 3.33. The smallest absolute Gasteiger partial charge is 0.225 e. The normalized spacial score (nSPS) is 30.5.